The van der Waals surface area contributed by atoms with E-state index in [0.717, 1.165) is 56.0 Å². The van der Waals surface area contributed by atoms with E-state index in [9.17, 15) is 5.26 Å². The second-order valence-corrected chi connectivity index (χ2v) is 7.94. The SMILES string of the molecule is N#Cc1cc2c(nc1NCC1CN(c3cc4c(nn3)CCCC4)C1)CCOC2. The van der Waals surface area contributed by atoms with Crippen LogP contribution in [0.5, 0.6) is 0 Å². The molecule has 4 heterocycles. The number of aromatic nitrogens is 3. The van der Waals surface area contributed by atoms with Crippen molar-refractivity contribution >= 4 is 11.6 Å². The van der Waals surface area contributed by atoms with Gasteiger partial charge in [-0.25, -0.2) is 4.98 Å². The van der Waals surface area contributed by atoms with Gasteiger partial charge in [0.25, 0.3) is 0 Å². The van der Waals surface area contributed by atoms with Gasteiger partial charge in [0.05, 0.1) is 30.2 Å². The number of hydrogen-bond donors (Lipinski definition) is 1. The third-order valence-corrected chi connectivity index (χ3v) is 5.95. The van der Waals surface area contributed by atoms with Crippen molar-refractivity contribution in [1.29, 1.82) is 5.26 Å². The molecule has 144 valence electrons. The van der Waals surface area contributed by atoms with Crippen LogP contribution in [0.2, 0.25) is 0 Å². The smallest absolute Gasteiger partial charge is 0.151 e. The summed E-state index contributed by atoms with van der Waals surface area (Å²) in [5.74, 6) is 2.22. The quantitative estimate of drug-likeness (QED) is 0.875. The van der Waals surface area contributed by atoms with Crippen molar-refractivity contribution in [1.82, 2.24) is 15.2 Å². The van der Waals surface area contributed by atoms with E-state index in [0.29, 0.717) is 30.5 Å². The van der Waals surface area contributed by atoms with Gasteiger partial charge in [-0.2, -0.15) is 10.4 Å². The predicted molar refractivity (Wildman–Crippen MR) is 105 cm³/mol. The van der Waals surface area contributed by atoms with E-state index >= 15 is 0 Å². The molecule has 1 saturated heterocycles. The van der Waals surface area contributed by atoms with Crippen molar-refractivity contribution in [3.8, 4) is 6.07 Å². The zero-order chi connectivity index (χ0) is 18.9. The average Bonchev–Trinajstić information content (AvgIpc) is 2.71. The highest BCUT2D eigenvalue weighted by molar-refractivity contribution is 5.55. The first-order valence-corrected chi connectivity index (χ1v) is 10.1. The topological polar surface area (TPSA) is 87.0 Å². The Bertz CT molecular complexity index is 931. The first-order chi connectivity index (χ1) is 13.8. The van der Waals surface area contributed by atoms with E-state index in [1.807, 2.05) is 6.07 Å². The molecule has 0 saturated carbocycles. The zero-order valence-corrected chi connectivity index (χ0v) is 15.9. The Kier molecular flexibility index (Phi) is 4.57. The van der Waals surface area contributed by atoms with E-state index in [4.69, 9.17) is 9.72 Å². The Morgan fingerprint density at radius 2 is 2.00 bits per heavy atom. The molecule has 7 nitrogen and oxygen atoms in total. The van der Waals surface area contributed by atoms with Gasteiger partial charge in [-0.05, 0) is 43.4 Å². The number of ether oxygens (including phenoxy) is 1. The van der Waals surface area contributed by atoms with Crippen LogP contribution in [0.4, 0.5) is 11.6 Å². The molecule has 0 atom stereocenters. The van der Waals surface area contributed by atoms with Crippen molar-refractivity contribution in [3.63, 3.8) is 0 Å². The number of hydrogen-bond acceptors (Lipinski definition) is 7. The molecule has 28 heavy (non-hydrogen) atoms. The van der Waals surface area contributed by atoms with Crippen molar-refractivity contribution in [2.45, 2.75) is 38.7 Å². The minimum atomic E-state index is 0.519. The largest absolute Gasteiger partial charge is 0.376 e. The maximum atomic E-state index is 9.45. The number of anilines is 2. The molecule has 0 spiro atoms. The third-order valence-electron chi connectivity index (χ3n) is 5.95. The highest BCUT2D eigenvalue weighted by Gasteiger charge is 2.29. The van der Waals surface area contributed by atoms with Crippen LogP contribution in [0.25, 0.3) is 0 Å². The summed E-state index contributed by atoms with van der Waals surface area (Å²) >= 11 is 0. The molecule has 2 aliphatic heterocycles. The average molecular weight is 376 g/mol. The minimum absolute atomic E-state index is 0.519. The number of pyridine rings is 1. The van der Waals surface area contributed by atoms with Gasteiger partial charge in [0.15, 0.2) is 5.82 Å². The molecule has 3 aliphatic rings. The Balaban J connectivity index is 1.20. The summed E-state index contributed by atoms with van der Waals surface area (Å²) in [6.07, 6.45) is 5.49. The summed E-state index contributed by atoms with van der Waals surface area (Å²) in [6, 6.07) is 6.40. The number of nitriles is 1. The summed E-state index contributed by atoms with van der Waals surface area (Å²) < 4.78 is 5.46. The van der Waals surface area contributed by atoms with Crippen LogP contribution in [0, 0.1) is 17.2 Å². The van der Waals surface area contributed by atoms with Crippen LogP contribution in [-0.4, -0.2) is 41.4 Å². The first kappa shape index (κ1) is 17.4. The summed E-state index contributed by atoms with van der Waals surface area (Å²) in [5.41, 5.74) is 5.24. The summed E-state index contributed by atoms with van der Waals surface area (Å²) in [4.78, 5) is 6.98. The molecule has 0 amide bonds. The minimum Gasteiger partial charge on any atom is -0.376 e. The Morgan fingerprint density at radius 1 is 1.11 bits per heavy atom. The molecule has 1 fully saturated rings. The maximum absolute atomic E-state index is 9.45. The Morgan fingerprint density at radius 3 is 2.89 bits per heavy atom. The Hall–Kier alpha value is -2.72. The second-order valence-electron chi connectivity index (χ2n) is 7.94. The van der Waals surface area contributed by atoms with Crippen LogP contribution in [0.1, 0.15) is 40.9 Å². The van der Waals surface area contributed by atoms with Gasteiger partial charge in [-0.1, -0.05) is 0 Å². The molecule has 1 N–H and O–H groups in total. The number of nitrogens with zero attached hydrogens (tertiary/aromatic N) is 5. The summed E-state index contributed by atoms with van der Waals surface area (Å²) in [7, 11) is 0. The zero-order valence-electron chi connectivity index (χ0n) is 15.9. The second kappa shape index (κ2) is 7.36. The van der Waals surface area contributed by atoms with Crippen molar-refractivity contribution in [2.75, 3.05) is 36.5 Å². The molecule has 5 rings (SSSR count). The van der Waals surface area contributed by atoms with Gasteiger partial charge < -0.3 is 15.0 Å². The Labute approximate surface area is 164 Å². The molecule has 2 aromatic heterocycles. The van der Waals surface area contributed by atoms with Gasteiger partial charge >= 0.3 is 0 Å². The highest BCUT2D eigenvalue weighted by Crippen LogP contribution is 2.27. The lowest BCUT2D eigenvalue weighted by Gasteiger charge is -2.40. The molecule has 0 aromatic carbocycles. The first-order valence-electron chi connectivity index (χ1n) is 10.1. The van der Waals surface area contributed by atoms with Gasteiger partial charge in [-0.3, -0.25) is 0 Å². The number of aryl methyl sites for hydroxylation is 2. The van der Waals surface area contributed by atoms with E-state index in [-0.39, 0.29) is 0 Å². The molecular formula is C21H24N6O. The van der Waals surface area contributed by atoms with Crippen LogP contribution >= 0.6 is 0 Å². The lowest BCUT2D eigenvalue weighted by molar-refractivity contribution is 0.109. The van der Waals surface area contributed by atoms with Crippen LogP contribution in [-0.2, 0) is 30.6 Å². The lowest BCUT2D eigenvalue weighted by atomic mass is 9.95. The fourth-order valence-corrected chi connectivity index (χ4v) is 4.27. The lowest BCUT2D eigenvalue weighted by Crippen LogP contribution is -2.50. The molecule has 0 bridgehead atoms. The summed E-state index contributed by atoms with van der Waals surface area (Å²) in [5, 5.41) is 21.7. The van der Waals surface area contributed by atoms with E-state index in [1.54, 1.807) is 0 Å². The molecule has 1 aliphatic carbocycles. The number of rotatable bonds is 4. The molecule has 7 heteroatoms. The van der Waals surface area contributed by atoms with Crippen molar-refractivity contribution in [2.24, 2.45) is 5.92 Å². The third kappa shape index (κ3) is 3.29. The van der Waals surface area contributed by atoms with Crippen LogP contribution in [0.15, 0.2) is 12.1 Å². The molecule has 0 radical (unpaired) electrons. The highest BCUT2D eigenvalue weighted by atomic mass is 16.5. The van der Waals surface area contributed by atoms with E-state index in [1.165, 1.54) is 24.1 Å². The van der Waals surface area contributed by atoms with Gasteiger partial charge in [0.1, 0.15) is 11.9 Å². The van der Waals surface area contributed by atoms with E-state index < -0.39 is 0 Å². The molecule has 2 aromatic rings. The van der Waals surface area contributed by atoms with Gasteiger partial charge in [-0.15, -0.1) is 5.10 Å². The fraction of sp³-hybridized carbons (Fsp3) is 0.524. The molecule has 0 unspecified atom stereocenters. The van der Waals surface area contributed by atoms with Crippen LogP contribution in [0.3, 0.4) is 0 Å². The fourth-order valence-electron chi connectivity index (χ4n) is 4.27. The van der Waals surface area contributed by atoms with Crippen molar-refractivity contribution < 1.29 is 4.74 Å². The van der Waals surface area contributed by atoms with Gasteiger partial charge in [0.2, 0.25) is 0 Å². The van der Waals surface area contributed by atoms with Crippen LogP contribution < -0.4 is 10.2 Å². The summed E-state index contributed by atoms with van der Waals surface area (Å²) in [6.45, 7) is 3.98. The monoisotopic (exact) mass is 376 g/mol. The standard InChI is InChI=1S/C21H24N6O/c22-9-16-7-17-13-28-6-5-18(17)24-21(16)23-10-14-11-27(12-14)20-8-15-3-1-2-4-19(15)25-26-20/h7-8,14H,1-6,10-13H2,(H,23,24). The number of fused-ring (bicyclic) bond motifs is 2. The maximum Gasteiger partial charge on any atom is 0.151 e. The normalized spacial score (nSPS) is 18.6. The number of nitrogens with one attached hydrogen (secondary N) is 1. The van der Waals surface area contributed by atoms with Crippen molar-refractivity contribution in [3.05, 3.63) is 40.2 Å². The predicted octanol–water partition coefficient (Wildman–Crippen LogP) is 2.24. The van der Waals surface area contributed by atoms with Gasteiger partial charge in [0, 0.05) is 37.5 Å². The van der Waals surface area contributed by atoms with E-state index in [2.05, 4.69) is 32.5 Å². The molecular weight excluding hydrogens is 352 g/mol.